The van der Waals surface area contributed by atoms with Gasteiger partial charge in [-0.2, -0.15) is 0 Å². The third kappa shape index (κ3) is 9.28. The molecular formula is C15H30N2O4. The molecule has 6 heteroatoms. The van der Waals surface area contributed by atoms with Crippen LogP contribution in [0.25, 0.3) is 0 Å². The van der Waals surface area contributed by atoms with Crippen molar-refractivity contribution in [2.45, 2.75) is 34.1 Å². The van der Waals surface area contributed by atoms with Crippen LogP contribution in [0.15, 0.2) is 0 Å². The summed E-state index contributed by atoms with van der Waals surface area (Å²) in [6, 6.07) is -0.226. The number of carbonyl (C=O) groups excluding carboxylic acids is 1. The zero-order chi connectivity index (χ0) is 16.4. The van der Waals surface area contributed by atoms with Crippen LogP contribution in [0.4, 0.5) is 4.79 Å². The Labute approximate surface area is 127 Å². The van der Waals surface area contributed by atoms with Gasteiger partial charge in [-0.25, -0.2) is 4.79 Å². The summed E-state index contributed by atoms with van der Waals surface area (Å²) in [7, 11) is 1.59. The summed E-state index contributed by atoms with van der Waals surface area (Å²) in [5.41, 5.74) is 0. The number of hydrogen-bond acceptors (Lipinski definition) is 3. The van der Waals surface area contributed by atoms with Crippen LogP contribution in [0, 0.1) is 17.8 Å². The van der Waals surface area contributed by atoms with Crippen molar-refractivity contribution in [1.29, 1.82) is 0 Å². The van der Waals surface area contributed by atoms with Crippen LogP contribution in [0.5, 0.6) is 0 Å². The monoisotopic (exact) mass is 302 g/mol. The van der Waals surface area contributed by atoms with Crippen LogP contribution >= 0.6 is 0 Å². The smallest absolute Gasteiger partial charge is 0.317 e. The lowest BCUT2D eigenvalue weighted by Gasteiger charge is -2.25. The van der Waals surface area contributed by atoms with Crippen molar-refractivity contribution in [3.63, 3.8) is 0 Å². The van der Waals surface area contributed by atoms with Crippen molar-refractivity contribution < 1.29 is 19.4 Å². The Balaban J connectivity index is 4.47. The molecule has 0 fully saturated rings. The highest BCUT2D eigenvalue weighted by Gasteiger charge is 2.21. The quantitative estimate of drug-likeness (QED) is 0.647. The average Bonchev–Trinajstić information content (AvgIpc) is 2.37. The molecule has 0 rings (SSSR count). The maximum absolute atomic E-state index is 12.2. The van der Waals surface area contributed by atoms with Gasteiger partial charge in [0.25, 0.3) is 0 Å². The molecule has 0 saturated heterocycles. The van der Waals surface area contributed by atoms with Gasteiger partial charge >= 0.3 is 12.0 Å². The highest BCUT2D eigenvalue weighted by molar-refractivity contribution is 5.76. The first-order valence-electron chi connectivity index (χ1n) is 7.52. The average molecular weight is 302 g/mol. The third-order valence-electron chi connectivity index (χ3n) is 3.04. The molecule has 0 saturated carbocycles. The van der Waals surface area contributed by atoms with E-state index < -0.39 is 11.9 Å². The summed E-state index contributed by atoms with van der Waals surface area (Å²) in [6.07, 6.45) is 0.553. The molecule has 2 N–H and O–H groups in total. The van der Waals surface area contributed by atoms with Gasteiger partial charge in [-0.3, -0.25) is 4.79 Å². The minimum atomic E-state index is -0.865. The van der Waals surface area contributed by atoms with E-state index in [9.17, 15) is 14.7 Å². The predicted octanol–water partition coefficient (Wildman–Crippen LogP) is 2.05. The van der Waals surface area contributed by atoms with E-state index in [4.69, 9.17) is 4.74 Å². The second kappa shape index (κ2) is 10.4. The minimum absolute atomic E-state index is 0.161. The number of rotatable bonds is 10. The van der Waals surface area contributed by atoms with Crippen LogP contribution in [0.3, 0.4) is 0 Å². The SMILES string of the molecule is COCCN(CC(C)C)C(=O)NCC(CC(C)C)C(=O)O. The standard InChI is InChI=1S/C15H30N2O4/c1-11(2)8-13(14(18)19)9-16-15(20)17(6-7-21-5)10-12(3)4/h11-13H,6-10H2,1-5H3,(H,16,20)(H,18,19). The molecule has 0 aliphatic heterocycles. The number of hydrogen-bond donors (Lipinski definition) is 2. The van der Waals surface area contributed by atoms with Crippen molar-refractivity contribution in [3.05, 3.63) is 0 Å². The highest BCUT2D eigenvalue weighted by Crippen LogP contribution is 2.11. The summed E-state index contributed by atoms with van der Waals surface area (Å²) in [5, 5.41) is 11.9. The lowest BCUT2D eigenvalue weighted by molar-refractivity contribution is -0.142. The first kappa shape index (κ1) is 19.7. The number of ether oxygens (including phenoxy) is 1. The summed E-state index contributed by atoms with van der Waals surface area (Å²) in [6.45, 7) is 9.77. The molecule has 0 aliphatic carbocycles. The molecule has 0 aromatic heterocycles. The van der Waals surface area contributed by atoms with Crippen LogP contribution in [0.2, 0.25) is 0 Å². The second-order valence-corrected chi connectivity index (χ2v) is 6.18. The number of urea groups is 1. The molecule has 6 nitrogen and oxygen atoms in total. The lowest BCUT2D eigenvalue weighted by atomic mass is 9.97. The molecule has 0 aliphatic rings. The number of carbonyl (C=O) groups is 2. The van der Waals surface area contributed by atoms with Gasteiger partial charge in [-0.1, -0.05) is 27.7 Å². The number of aliphatic carboxylic acids is 1. The fourth-order valence-electron chi connectivity index (χ4n) is 2.08. The van der Waals surface area contributed by atoms with Gasteiger partial charge in [-0.05, 0) is 18.3 Å². The van der Waals surface area contributed by atoms with E-state index in [0.29, 0.717) is 32.0 Å². The number of amides is 2. The zero-order valence-electron chi connectivity index (χ0n) is 13.9. The molecule has 2 amide bonds. The van der Waals surface area contributed by atoms with Gasteiger partial charge in [0.15, 0.2) is 0 Å². The maximum Gasteiger partial charge on any atom is 0.317 e. The Morgan fingerprint density at radius 1 is 1.19 bits per heavy atom. The molecule has 0 radical (unpaired) electrons. The fourth-order valence-corrected chi connectivity index (χ4v) is 2.08. The van der Waals surface area contributed by atoms with Gasteiger partial charge in [0.2, 0.25) is 0 Å². The molecule has 124 valence electrons. The molecular weight excluding hydrogens is 272 g/mol. The molecule has 1 unspecified atom stereocenters. The summed E-state index contributed by atoms with van der Waals surface area (Å²) < 4.78 is 5.00. The van der Waals surface area contributed by atoms with Crippen LogP contribution < -0.4 is 5.32 Å². The fraction of sp³-hybridized carbons (Fsp3) is 0.867. The topological polar surface area (TPSA) is 78.9 Å². The molecule has 0 bridgehead atoms. The Morgan fingerprint density at radius 2 is 1.81 bits per heavy atom. The molecule has 0 aromatic rings. The molecule has 0 spiro atoms. The van der Waals surface area contributed by atoms with Crippen molar-refractivity contribution in [2.24, 2.45) is 17.8 Å². The number of carboxylic acids is 1. The van der Waals surface area contributed by atoms with E-state index in [1.165, 1.54) is 0 Å². The maximum atomic E-state index is 12.2. The van der Waals surface area contributed by atoms with Crippen molar-refractivity contribution >= 4 is 12.0 Å². The van der Waals surface area contributed by atoms with E-state index in [0.717, 1.165) is 0 Å². The Morgan fingerprint density at radius 3 is 2.24 bits per heavy atom. The van der Waals surface area contributed by atoms with Gasteiger partial charge in [0, 0.05) is 26.7 Å². The first-order chi connectivity index (χ1) is 9.77. The predicted molar refractivity (Wildman–Crippen MR) is 82.3 cm³/mol. The van der Waals surface area contributed by atoms with Crippen molar-refractivity contribution in [1.82, 2.24) is 10.2 Å². The van der Waals surface area contributed by atoms with Gasteiger partial charge in [-0.15, -0.1) is 0 Å². The third-order valence-corrected chi connectivity index (χ3v) is 3.04. The number of carboxylic acid groups (broad SMARTS) is 1. The van der Waals surface area contributed by atoms with E-state index in [1.54, 1.807) is 12.0 Å². The Kier molecular flexibility index (Phi) is 9.78. The zero-order valence-corrected chi connectivity index (χ0v) is 13.9. The van der Waals surface area contributed by atoms with Crippen LogP contribution in [-0.2, 0) is 9.53 Å². The largest absolute Gasteiger partial charge is 0.481 e. The van der Waals surface area contributed by atoms with E-state index in [2.05, 4.69) is 5.32 Å². The molecule has 0 aromatic carbocycles. The van der Waals surface area contributed by atoms with Gasteiger partial charge < -0.3 is 20.1 Å². The second-order valence-electron chi connectivity index (χ2n) is 6.18. The highest BCUT2D eigenvalue weighted by atomic mass is 16.5. The van der Waals surface area contributed by atoms with Crippen molar-refractivity contribution in [2.75, 3.05) is 33.4 Å². The molecule has 0 heterocycles. The first-order valence-corrected chi connectivity index (χ1v) is 7.52. The van der Waals surface area contributed by atoms with Gasteiger partial charge in [0.1, 0.15) is 0 Å². The number of nitrogens with zero attached hydrogens (tertiary/aromatic N) is 1. The number of methoxy groups -OCH3 is 1. The van der Waals surface area contributed by atoms with E-state index in [-0.39, 0.29) is 18.5 Å². The number of nitrogens with one attached hydrogen (secondary N) is 1. The summed E-state index contributed by atoms with van der Waals surface area (Å²) >= 11 is 0. The lowest BCUT2D eigenvalue weighted by Crippen LogP contribution is -2.45. The molecule has 21 heavy (non-hydrogen) atoms. The molecule has 1 atom stereocenters. The summed E-state index contributed by atoms with van der Waals surface area (Å²) in [5.74, 6) is -0.782. The van der Waals surface area contributed by atoms with Gasteiger partial charge in [0.05, 0.1) is 12.5 Å². The van der Waals surface area contributed by atoms with Crippen LogP contribution in [0.1, 0.15) is 34.1 Å². The normalized spacial score (nSPS) is 12.5. The van der Waals surface area contributed by atoms with Crippen LogP contribution in [-0.4, -0.2) is 55.4 Å². The van der Waals surface area contributed by atoms with E-state index in [1.807, 2.05) is 27.7 Å². The Hall–Kier alpha value is -1.30. The van der Waals surface area contributed by atoms with Crippen molar-refractivity contribution in [3.8, 4) is 0 Å². The summed E-state index contributed by atoms with van der Waals surface area (Å²) in [4.78, 5) is 25.0. The Bertz CT molecular complexity index is 319. The minimum Gasteiger partial charge on any atom is -0.481 e. The van der Waals surface area contributed by atoms with E-state index >= 15 is 0 Å².